The van der Waals surface area contributed by atoms with Gasteiger partial charge in [0.1, 0.15) is 0 Å². The Morgan fingerprint density at radius 2 is 1.53 bits per heavy atom. The third-order valence-electron chi connectivity index (χ3n) is 2.98. The summed E-state index contributed by atoms with van der Waals surface area (Å²) < 4.78 is 7.95. The minimum absolute atomic E-state index is 0.307. The summed E-state index contributed by atoms with van der Waals surface area (Å²) in [4.78, 5) is 0. The van der Waals surface area contributed by atoms with Crippen LogP contribution in [0, 0.1) is 0 Å². The van der Waals surface area contributed by atoms with Crippen LogP contribution >= 0.6 is 0 Å². The van der Waals surface area contributed by atoms with Crippen molar-refractivity contribution in [3.63, 3.8) is 0 Å². The molecule has 0 unspecified atom stereocenters. The Bertz CT molecular complexity index is 740. The summed E-state index contributed by atoms with van der Waals surface area (Å²) in [5.74, 6) is 0. The normalized spacial score (nSPS) is 11.8. The van der Waals surface area contributed by atoms with Crippen molar-refractivity contribution in [2.75, 3.05) is 0 Å². The molecular formula is C14H11BO2. The molecule has 0 saturated heterocycles. The zero-order chi connectivity index (χ0) is 12.7. The highest BCUT2D eigenvalue weighted by molar-refractivity contribution is 6.65. The van der Waals surface area contributed by atoms with Crippen molar-refractivity contribution >= 4 is 34.1 Å². The SMILES string of the molecule is [2H]c1cccc2cc3ccccc3c(B(O)O)c12. The first-order chi connectivity index (χ1) is 8.68. The first-order valence-corrected chi connectivity index (χ1v) is 5.45. The Labute approximate surface area is 101 Å². The summed E-state index contributed by atoms with van der Waals surface area (Å²) in [5.41, 5.74) is 0.411. The van der Waals surface area contributed by atoms with Crippen molar-refractivity contribution in [3.05, 3.63) is 54.6 Å². The molecule has 0 aromatic heterocycles. The average Bonchev–Trinajstić information content (AvgIpc) is 2.36. The predicted octanol–water partition coefficient (Wildman–Crippen LogP) is 1.67. The van der Waals surface area contributed by atoms with Crippen LogP contribution in [0.2, 0.25) is 0 Å². The van der Waals surface area contributed by atoms with E-state index in [0.717, 1.165) is 16.2 Å². The zero-order valence-corrected chi connectivity index (χ0v) is 9.09. The van der Waals surface area contributed by atoms with Crippen molar-refractivity contribution in [2.45, 2.75) is 0 Å². The first-order valence-electron chi connectivity index (χ1n) is 5.95. The van der Waals surface area contributed by atoms with Crippen molar-refractivity contribution in [2.24, 2.45) is 0 Å². The minimum atomic E-state index is -1.58. The average molecular weight is 223 g/mol. The van der Waals surface area contributed by atoms with Crippen molar-refractivity contribution in [3.8, 4) is 0 Å². The topological polar surface area (TPSA) is 40.5 Å². The smallest absolute Gasteiger partial charge is 0.423 e. The predicted molar refractivity (Wildman–Crippen MR) is 71.3 cm³/mol. The Morgan fingerprint density at radius 3 is 2.29 bits per heavy atom. The molecule has 2 N–H and O–H groups in total. The minimum Gasteiger partial charge on any atom is -0.423 e. The van der Waals surface area contributed by atoms with E-state index in [1.807, 2.05) is 36.4 Å². The molecule has 0 heterocycles. The number of hydrogen-bond acceptors (Lipinski definition) is 2. The zero-order valence-electron chi connectivity index (χ0n) is 10.1. The van der Waals surface area contributed by atoms with E-state index < -0.39 is 7.12 Å². The van der Waals surface area contributed by atoms with Gasteiger partial charge in [0.25, 0.3) is 0 Å². The van der Waals surface area contributed by atoms with Gasteiger partial charge < -0.3 is 10.0 Å². The summed E-state index contributed by atoms with van der Waals surface area (Å²) in [6.07, 6.45) is 0. The maximum Gasteiger partial charge on any atom is 0.489 e. The Kier molecular flexibility index (Phi) is 2.10. The van der Waals surface area contributed by atoms with E-state index in [2.05, 4.69) is 0 Å². The van der Waals surface area contributed by atoms with Gasteiger partial charge in [-0.1, -0.05) is 48.5 Å². The van der Waals surface area contributed by atoms with Gasteiger partial charge in [-0.3, -0.25) is 0 Å². The molecule has 0 aliphatic heterocycles. The molecule has 3 heteroatoms. The largest absolute Gasteiger partial charge is 0.489 e. The lowest BCUT2D eigenvalue weighted by atomic mass is 9.74. The second-order valence-corrected chi connectivity index (χ2v) is 4.02. The highest BCUT2D eigenvalue weighted by Crippen LogP contribution is 2.20. The van der Waals surface area contributed by atoms with Crippen LogP contribution in [0.4, 0.5) is 0 Å². The van der Waals surface area contributed by atoms with Crippen LogP contribution in [0.1, 0.15) is 1.37 Å². The van der Waals surface area contributed by atoms with E-state index >= 15 is 0 Å². The van der Waals surface area contributed by atoms with Gasteiger partial charge in [-0.2, -0.15) is 0 Å². The molecular weight excluding hydrogens is 211 g/mol. The highest BCUT2D eigenvalue weighted by Gasteiger charge is 2.18. The van der Waals surface area contributed by atoms with E-state index in [1.165, 1.54) is 0 Å². The Morgan fingerprint density at radius 1 is 0.882 bits per heavy atom. The third kappa shape index (κ3) is 1.60. The van der Waals surface area contributed by atoms with Crippen LogP contribution in [-0.4, -0.2) is 17.2 Å². The monoisotopic (exact) mass is 223 g/mol. The highest BCUT2D eigenvalue weighted by atomic mass is 16.4. The van der Waals surface area contributed by atoms with Crippen LogP contribution in [0.15, 0.2) is 54.6 Å². The second-order valence-electron chi connectivity index (χ2n) is 4.02. The fourth-order valence-corrected chi connectivity index (χ4v) is 2.24. The molecule has 0 atom stereocenters. The van der Waals surface area contributed by atoms with E-state index in [0.29, 0.717) is 16.9 Å². The maximum absolute atomic E-state index is 9.62. The van der Waals surface area contributed by atoms with E-state index in [1.54, 1.807) is 12.1 Å². The fourth-order valence-electron chi connectivity index (χ4n) is 2.24. The van der Waals surface area contributed by atoms with E-state index in [4.69, 9.17) is 1.37 Å². The number of rotatable bonds is 1. The van der Waals surface area contributed by atoms with Gasteiger partial charge in [0.15, 0.2) is 0 Å². The second kappa shape index (κ2) is 3.88. The lowest BCUT2D eigenvalue weighted by Crippen LogP contribution is -2.31. The van der Waals surface area contributed by atoms with Crippen LogP contribution in [0.5, 0.6) is 0 Å². The van der Waals surface area contributed by atoms with Crippen molar-refractivity contribution in [1.29, 1.82) is 0 Å². The summed E-state index contributed by atoms with van der Waals surface area (Å²) in [7, 11) is -1.58. The van der Waals surface area contributed by atoms with Gasteiger partial charge in [0.05, 0.1) is 1.37 Å². The third-order valence-corrected chi connectivity index (χ3v) is 2.98. The molecule has 0 saturated carbocycles. The fraction of sp³-hybridized carbons (Fsp3) is 0. The molecule has 82 valence electrons. The maximum atomic E-state index is 9.62. The molecule has 0 aliphatic carbocycles. The van der Waals surface area contributed by atoms with E-state index in [9.17, 15) is 10.0 Å². The Hall–Kier alpha value is -1.84. The summed E-state index contributed by atoms with van der Waals surface area (Å²) >= 11 is 0. The summed E-state index contributed by atoms with van der Waals surface area (Å²) in [6, 6.07) is 15.1. The number of hydrogen-bond donors (Lipinski definition) is 2. The van der Waals surface area contributed by atoms with Crippen LogP contribution in [0.3, 0.4) is 0 Å². The molecule has 2 nitrogen and oxygen atoms in total. The Balaban J connectivity index is 2.60. The molecule has 0 amide bonds. The molecule has 3 rings (SSSR count). The van der Waals surface area contributed by atoms with Gasteiger partial charge in [0.2, 0.25) is 0 Å². The van der Waals surface area contributed by atoms with Gasteiger partial charge in [-0.25, -0.2) is 0 Å². The van der Waals surface area contributed by atoms with E-state index in [-0.39, 0.29) is 0 Å². The summed E-state index contributed by atoms with van der Waals surface area (Å²) in [6.45, 7) is 0. The van der Waals surface area contributed by atoms with Crippen LogP contribution in [0.25, 0.3) is 21.5 Å². The van der Waals surface area contributed by atoms with Crippen LogP contribution < -0.4 is 5.46 Å². The molecule has 0 aliphatic rings. The van der Waals surface area contributed by atoms with Gasteiger partial charge in [-0.15, -0.1) is 0 Å². The summed E-state index contributed by atoms with van der Waals surface area (Å²) in [5, 5.41) is 22.4. The standard InChI is InChI=1S/C14H11BO2/c16-15(17)14-12-7-3-1-5-10(12)9-11-6-2-4-8-13(11)14/h1-9,16-17H/i7D. The lowest BCUT2D eigenvalue weighted by molar-refractivity contribution is 0.426. The molecule has 0 spiro atoms. The molecule has 3 aromatic rings. The number of fused-ring (bicyclic) bond motifs is 2. The van der Waals surface area contributed by atoms with Gasteiger partial charge in [-0.05, 0) is 33.1 Å². The molecule has 3 aromatic carbocycles. The van der Waals surface area contributed by atoms with Gasteiger partial charge in [0, 0.05) is 0 Å². The molecule has 0 bridgehead atoms. The van der Waals surface area contributed by atoms with Crippen molar-refractivity contribution < 1.29 is 11.4 Å². The first kappa shape index (κ1) is 9.22. The molecule has 0 fully saturated rings. The lowest BCUT2D eigenvalue weighted by Gasteiger charge is -2.10. The number of benzene rings is 3. The quantitative estimate of drug-likeness (QED) is 0.486. The van der Waals surface area contributed by atoms with Crippen molar-refractivity contribution in [1.82, 2.24) is 0 Å². The van der Waals surface area contributed by atoms with Crippen LogP contribution in [-0.2, 0) is 0 Å². The van der Waals surface area contributed by atoms with Gasteiger partial charge >= 0.3 is 7.12 Å². The molecule has 0 radical (unpaired) electrons. The molecule has 17 heavy (non-hydrogen) atoms.